The van der Waals surface area contributed by atoms with Gasteiger partial charge in [0.25, 0.3) is 0 Å². The van der Waals surface area contributed by atoms with Crippen LogP contribution < -0.4 is 4.74 Å². The van der Waals surface area contributed by atoms with E-state index in [1.54, 1.807) is 12.1 Å². The minimum Gasteiger partial charge on any atom is -0.508 e. The van der Waals surface area contributed by atoms with E-state index in [9.17, 15) is 9.90 Å². The fourth-order valence-corrected chi connectivity index (χ4v) is 4.02. The first-order chi connectivity index (χ1) is 14.2. The molecule has 2 atom stereocenters. The molecule has 29 heavy (non-hydrogen) atoms. The lowest BCUT2D eigenvalue weighted by atomic mass is 9.75. The van der Waals surface area contributed by atoms with Crippen molar-refractivity contribution in [1.29, 1.82) is 0 Å². The second kappa shape index (κ2) is 8.39. The summed E-state index contributed by atoms with van der Waals surface area (Å²) in [6, 6.07) is 23.8. The van der Waals surface area contributed by atoms with Crippen molar-refractivity contribution in [3.8, 4) is 11.5 Å². The molecule has 1 heterocycles. The molecule has 3 aromatic rings. The Labute approximate surface area is 170 Å². The minimum atomic E-state index is -0.214. The Morgan fingerprint density at radius 1 is 1.03 bits per heavy atom. The summed E-state index contributed by atoms with van der Waals surface area (Å²) in [5, 5.41) is 9.87. The van der Waals surface area contributed by atoms with Gasteiger partial charge in [-0.25, -0.2) is 0 Å². The second-order valence-electron chi connectivity index (χ2n) is 7.25. The number of phenolic OH excluding ortho intramolecular Hbond substituents is 1. The molecule has 0 amide bonds. The van der Waals surface area contributed by atoms with E-state index in [-0.39, 0.29) is 30.0 Å². The Morgan fingerprint density at radius 2 is 1.79 bits per heavy atom. The summed E-state index contributed by atoms with van der Waals surface area (Å²) in [5.74, 6) is 0.958. The summed E-state index contributed by atoms with van der Waals surface area (Å²) in [7, 11) is 0. The third-order valence-corrected chi connectivity index (χ3v) is 5.37. The first kappa shape index (κ1) is 19.1. The predicted molar refractivity (Wildman–Crippen MR) is 111 cm³/mol. The van der Waals surface area contributed by atoms with Crippen LogP contribution in [-0.4, -0.2) is 24.3 Å². The van der Waals surface area contributed by atoms with Gasteiger partial charge in [-0.15, -0.1) is 0 Å². The lowest BCUT2D eigenvalue weighted by Crippen LogP contribution is -2.25. The number of rotatable bonds is 5. The van der Waals surface area contributed by atoms with E-state index in [1.165, 1.54) is 5.56 Å². The lowest BCUT2D eigenvalue weighted by Gasteiger charge is -2.34. The average Bonchev–Trinajstić information content (AvgIpc) is 2.74. The van der Waals surface area contributed by atoms with Crippen molar-refractivity contribution in [2.45, 2.75) is 25.2 Å². The number of benzene rings is 3. The second-order valence-corrected chi connectivity index (χ2v) is 7.25. The van der Waals surface area contributed by atoms with Crippen LogP contribution in [0, 0.1) is 0 Å². The van der Waals surface area contributed by atoms with E-state index in [0.29, 0.717) is 13.2 Å². The van der Waals surface area contributed by atoms with Gasteiger partial charge in [-0.3, -0.25) is 4.79 Å². The molecular formula is C25H24O4. The third kappa shape index (κ3) is 4.11. The van der Waals surface area contributed by atoms with Crippen LogP contribution in [0.15, 0.2) is 72.8 Å². The molecule has 0 saturated heterocycles. The highest BCUT2D eigenvalue weighted by Crippen LogP contribution is 2.46. The fourth-order valence-electron chi connectivity index (χ4n) is 4.02. The molecule has 4 rings (SSSR count). The zero-order valence-electron chi connectivity index (χ0n) is 16.4. The quantitative estimate of drug-likeness (QED) is 0.638. The largest absolute Gasteiger partial charge is 0.508 e. The molecule has 3 aromatic carbocycles. The van der Waals surface area contributed by atoms with Crippen LogP contribution in [0.1, 0.15) is 41.0 Å². The Balaban J connectivity index is 1.70. The van der Waals surface area contributed by atoms with E-state index < -0.39 is 0 Å². The maximum Gasteiger partial charge on any atom is 0.310 e. The van der Waals surface area contributed by atoms with E-state index in [4.69, 9.17) is 9.47 Å². The number of phenols is 1. The zero-order valence-corrected chi connectivity index (χ0v) is 16.4. The molecule has 0 saturated carbocycles. The molecule has 4 nitrogen and oxygen atoms in total. The molecule has 0 aliphatic carbocycles. The molecule has 1 aliphatic heterocycles. The standard InChI is InChI=1S/C25H24O4/c1-2-28-24(27)14-17-8-10-19(11-9-17)25-21-13-12-20(26)15-23(21)29-16-22(25)18-6-4-3-5-7-18/h3-13,15,22,25-26H,2,14,16H2,1H3/t22-,25-/m0/s1. The number of ether oxygens (including phenoxy) is 2. The highest BCUT2D eigenvalue weighted by molar-refractivity contribution is 5.72. The molecule has 0 unspecified atom stereocenters. The van der Waals surface area contributed by atoms with E-state index >= 15 is 0 Å². The highest BCUT2D eigenvalue weighted by atomic mass is 16.5. The Bertz CT molecular complexity index is 979. The van der Waals surface area contributed by atoms with Gasteiger partial charge in [-0.2, -0.15) is 0 Å². The van der Waals surface area contributed by atoms with Crippen LogP contribution in [0.4, 0.5) is 0 Å². The van der Waals surface area contributed by atoms with Crippen LogP contribution in [0.25, 0.3) is 0 Å². The van der Waals surface area contributed by atoms with Crippen molar-refractivity contribution in [1.82, 2.24) is 0 Å². The van der Waals surface area contributed by atoms with Crippen LogP contribution in [0.5, 0.6) is 11.5 Å². The maximum atomic E-state index is 11.8. The molecule has 148 valence electrons. The highest BCUT2D eigenvalue weighted by Gasteiger charge is 2.33. The van der Waals surface area contributed by atoms with Gasteiger partial charge in [0, 0.05) is 23.5 Å². The predicted octanol–water partition coefficient (Wildman–Crippen LogP) is 4.81. The maximum absolute atomic E-state index is 11.8. The first-order valence-electron chi connectivity index (χ1n) is 9.91. The SMILES string of the molecule is CCOC(=O)Cc1ccc([C@H]2c3ccc(O)cc3OC[C@H]2c2ccccc2)cc1. The van der Waals surface area contributed by atoms with Crippen molar-refractivity contribution in [3.63, 3.8) is 0 Å². The Kier molecular flexibility index (Phi) is 5.52. The normalized spacial score (nSPS) is 17.8. The molecule has 0 radical (unpaired) electrons. The van der Waals surface area contributed by atoms with E-state index in [1.807, 2.05) is 43.3 Å². The molecule has 0 aromatic heterocycles. The number of carbonyl (C=O) groups is 1. The van der Waals surface area contributed by atoms with Crippen LogP contribution in [0.3, 0.4) is 0 Å². The van der Waals surface area contributed by atoms with Gasteiger partial charge in [0.05, 0.1) is 19.6 Å². The number of fused-ring (bicyclic) bond motifs is 1. The molecule has 1 aliphatic rings. The summed E-state index contributed by atoms with van der Waals surface area (Å²) >= 11 is 0. The van der Waals surface area contributed by atoms with Gasteiger partial charge < -0.3 is 14.6 Å². The smallest absolute Gasteiger partial charge is 0.310 e. The summed E-state index contributed by atoms with van der Waals surface area (Å²) in [6.45, 7) is 2.74. The zero-order chi connectivity index (χ0) is 20.2. The van der Waals surface area contributed by atoms with Crippen molar-refractivity contribution in [3.05, 3.63) is 95.1 Å². The molecule has 1 N–H and O–H groups in total. The molecular weight excluding hydrogens is 364 g/mol. The van der Waals surface area contributed by atoms with Crippen LogP contribution in [0.2, 0.25) is 0 Å². The summed E-state index contributed by atoms with van der Waals surface area (Å²) in [6.07, 6.45) is 0.272. The number of carbonyl (C=O) groups excluding carboxylic acids is 1. The van der Waals surface area contributed by atoms with Gasteiger partial charge >= 0.3 is 5.97 Å². The van der Waals surface area contributed by atoms with Gasteiger partial charge in [0.1, 0.15) is 11.5 Å². The minimum absolute atomic E-state index is 0.0957. The van der Waals surface area contributed by atoms with Crippen molar-refractivity contribution in [2.75, 3.05) is 13.2 Å². The van der Waals surface area contributed by atoms with Crippen molar-refractivity contribution in [2.24, 2.45) is 0 Å². The van der Waals surface area contributed by atoms with E-state index in [0.717, 1.165) is 22.4 Å². The van der Waals surface area contributed by atoms with Gasteiger partial charge in [0.15, 0.2) is 0 Å². The monoisotopic (exact) mass is 388 g/mol. The average molecular weight is 388 g/mol. The van der Waals surface area contributed by atoms with Gasteiger partial charge in [-0.1, -0.05) is 60.7 Å². The Hall–Kier alpha value is -3.27. The summed E-state index contributed by atoms with van der Waals surface area (Å²) in [4.78, 5) is 11.8. The van der Waals surface area contributed by atoms with Crippen LogP contribution in [-0.2, 0) is 16.0 Å². The lowest BCUT2D eigenvalue weighted by molar-refractivity contribution is -0.142. The number of hydrogen-bond donors (Lipinski definition) is 1. The van der Waals surface area contributed by atoms with Crippen molar-refractivity contribution >= 4 is 5.97 Å². The fraction of sp³-hybridized carbons (Fsp3) is 0.240. The first-order valence-corrected chi connectivity index (χ1v) is 9.91. The molecule has 4 heteroatoms. The third-order valence-electron chi connectivity index (χ3n) is 5.37. The number of aromatic hydroxyl groups is 1. The van der Waals surface area contributed by atoms with Crippen molar-refractivity contribution < 1.29 is 19.4 Å². The Morgan fingerprint density at radius 3 is 2.52 bits per heavy atom. The van der Waals surface area contributed by atoms with Crippen LogP contribution >= 0.6 is 0 Å². The topological polar surface area (TPSA) is 55.8 Å². The molecule has 0 bridgehead atoms. The summed E-state index contributed by atoms with van der Waals surface area (Å²) < 4.78 is 11.1. The number of esters is 1. The van der Waals surface area contributed by atoms with E-state index in [2.05, 4.69) is 24.3 Å². The molecule has 0 spiro atoms. The number of hydrogen-bond acceptors (Lipinski definition) is 4. The van der Waals surface area contributed by atoms with Gasteiger partial charge in [-0.05, 0) is 29.7 Å². The molecule has 0 fully saturated rings. The van der Waals surface area contributed by atoms with Gasteiger partial charge in [0.2, 0.25) is 0 Å². The summed E-state index contributed by atoms with van der Waals surface area (Å²) in [5.41, 5.74) is 4.36.